The minimum absolute atomic E-state index is 0.138. The molecule has 0 saturated heterocycles. The zero-order valence-electron chi connectivity index (χ0n) is 17.7. The van der Waals surface area contributed by atoms with Crippen LogP contribution in [-0.4, -0.2) is 21.2 Å². The molecule has 0 fully saturated rings. The summed E-state index contributed by atoms with van der Waals surface area (Å²) in [6.07, 6.45) is 0. The second kappa shape index (κ2) is 8.78. The largest absolute Gasteiger partial charge is 0.325 e. The molecule has 1 heterocycles. The Morgan fingerprint density at radius 3 is 2.58 bits per heavy atom. The second-order valence-electron chi connectivity index (χ2n) is 7.48. The van der Waals surface area contributed by atoms with Crippen LogP contribution in [0.15, 0.2) is 76.7 Å². The maximum atomic E-state index is 13.4. The van der Waals surface area contributed by atoms with E-state index in [1.54, 1.807) is 10.6 Å². The van der Waals surface area contributed by atoms with Gasteiger partial charge in [0.25, 0.3) is 5.56 Å². The van der Waals surface area contributed by atoms with Crippen molar-refractivity contribution in [1.29, 1.82) is 0 Å². The SMILES string of the molecule is Cc1cccc(NC(=O)CSc2nc3ccccc3c(=O)n2-c2cccc(C)c2C)c1. The van der Waals surface area contributed by atoms with Crippen molar-refractivity contribution >= 4 is 34.3 Å². The first kappa shape index (κ1) is 20.9. The van der Waals surface area contributed by atoms with Gasteiger partial charge in [0.05, 0.1) is 22.3 Å². The lowest BCUT2D eigenvalue weighted by Gasteiger charge is -2.16. The third-order valence-electron chi connectivity index (χ3n) is 5.20. The molecule has 156 valence electrons. The summed E-state index contributed by atoms with van der Waals surface area (Å²) in [5.41, 5.74) is 5.19. The number of rotatable bonds is 5. The average molecular weight is 430 g/mol. The number of para-hydroxylation sites is 1. The molecule has 0 radical (unpaired) electrons. The van der Waals surface area contributed by atoms with E-state index in [1.807, 2.05) is 81.4 Å². The van der Waals surface area contributed by atoms with E-state index in [9.17, 15) is 9.59 Å². The van der Waals surface area contributed by atoms with Crippen LogP contribution in [0.2, 0.25) is 0 Å². The number of nitrogens with one attached hydrogen (secondary N) is 1. The van der Waals surface area contributed by atoms with Crippen LogP contribution in [0, 0.1) is 20.8 Å². The molecule has 0 bridgehead atoms. The molecule has 0 atom stereocenters. The van der Waals surface area contributed by atoms with Crippen LogP contribution in [0.5, 0.6) is 0 Å². The second-order valence-corrected chi connectivity index (χ2v) is 8.42. The van der Waals surface area contributed by atoms with E-state index in [-0.39, 0.29) is 17.2 Å². The molecule has 3 aromatic carbocycles. The Hall–Kier alpha value is -3.38. The summed E-state index contributed by atoms with van der Waals surface area (Å²) in [5, 5.41) is 3.96. The van der Waals surface area contributed by atoms with Gasteiger partial charge in [0, 0.05) is 5.69 Å². The number of carbonyl (C=O) groups excluding carboxylic acids is 1. The van der Waals surface area contributed by atoms with Crippen molar-refractivity contribution in [2.24, 2.45) is 0 Å². The van der Waals surface area contributed by atoms with Crippen LogP contribution in [0.25, 0.3) is 16.6 Å². The van der Waals surface area contributed by atoms with E-state index < -0.39 is 0 Å². The molecule has 4 rings (SSSR count). The van der Waals surface area contributed by atoms with Crippen molar-refractivity contribution in [3.63, 3.8) is 0 Å². The number of hydrogen-bond acceptors (Lipinski definition) is 4. The summed E-state index contributed by atoms with van der Waals surface area (Å²) >= 11 is 1.26. The molecule has 4 aromatic rings. The highest BCUT2D eigenvalue weighted by molar-refractivity contribution is 7.99. The quantitative estimate of drug-likeness (QED) is 0.356. The third-order valence-corrected chi connectivity index (χ3v) is 6.13. The molecule has 0 unspecified atom stereocenters. The van der Waals surface area contributed by atoms with Crippen molar-refractivity contribution in [3.05, 3.63) is 93.8 Å². The molecule has 6 heteroatoms. The fourth-order valence-electron chi connectivity index (χ4n) is 3.45. The number of benzene rings is 3. The molecule has 0 aliphatic rings. The summed E-state index contributed by atoms with van der Waals surface area (Å²) in [6.45, 7) is 5.98. The zero-order chi connectivity index (χ0) is 22.0. The van der Waals surface area contributed by atoms with E-state index in [0.29, 0.717) is 16.1 Å². The normalized spacial score (nSPS) is 10.9. The van der Waals surface area contributed by atoms with Gasteiger partial charge in [0.2, 0.25) is 5.91 Å². The Bertz CT molecular complexity index is 1340. The first-order chi connectivity index (χ1) is 14.9. The van der Waals surface area contributed by atoms with Gasteiger partial charge >= 0.3 is 0 Å². The molecule has 5 nitrogen and oxygen atoms in total. The van der Waals surface area contributed by atoms with Crippen LogP contribution in [0.4, 0.5) is 5.69 Å². The lowest BCUT2D eigenvalue weighted by molar-refractivity contribution is -0.113. The van der Waals surface area contributed by atoms with Crippen LogP contribution < -0.4 is 10.9 Å². The number of aromatic nitrogens is 2. The summed E-state index contributed by atoms with van der Waals surface area (Å²) < 4.78 is 1.62. The third kappa shape index (κ3) is 4.39. The molecular weight excluding hydrogens is 406 g/mol. The van der Waals surface area contributed by atoms with Crippen molar-refractivity contribution in [2.45, 2.75) is 25.9 Å². The van der Waals surface area contributed by atoms with Gasteiger partial charge in [0.15, 0.2) is 5.16 Å². The molecular formula is C25H23N3O2S. The number of nitrogens with zero attached hydrogens (tertiary/aromatic N) is 2. The highest BCUT2D eigenvalue weighted by atomic mass is 32.2. The highest BCUT2D eigenvalue weighted by Crippen LogP contribution is 2.24. The van der Waals surface area contributed by atoms with E-state index in [2.05, 4.69) is 5.32 Å². The zero-order valence-corrected chi connectivity index (χ0v) is 18.5. The standard InChI is InChI=1S/C25H23N3O2S/c1-16-8-6-10-19(14-16)26-23(29)15-31-25-27-21-12-5-4-11-20(21)24(30)28(25)22-13-7-9-17(2)18(22)3/h4-14H,15H2,1-3H3,(H,26,29). The lowest BCUT2D eigenvalue weighted by Crippen LogP contribution is -2.23. The van der Waals surface area contributed by atoms with Gasteiger partial charge in [-0.15, -0.1) is 0 Å². The fourth-order valence-corrected chi connectivity index (χ4v) is 4.26. The Balaban J connectivity index is 1.72. The monoisotopic (exact) mass is 429 g/mol. The fraction of sp³-hybridized carbons (Fsp3) is 0.160. The van der Waals surface area contributed by atoms with Gasteiger partial charge < -0.3 is 5.32 Å². The lowest BCUT2D eigenvalue weighted by atomic mass is 10.1. The van der Waals surface area contributed by atoms with Crippen LogP contribution in [-0.2, 0) is 4.79 Å². The first-order valence-electron chi connectivity index (χ1n) is 10.0. The maximum absolute atomic E-state index is 13.4. The van der Waals surface area contributed by atoms with E-state index in [4.69, 9.17) is 4.98 Å². The molecule has 0 aliphatic carbocycles. The topological polar surface area (TPSA) is 64.0 Å². The van der Waals surface area contributed by atoms with E-state index in [1.165, 1.54) is 11.8 Å². The first-order valence-corrected chi connectivity index (χ1v) is 11.0. The number of aryl methyl sites for hydroxylation is 2. The summed E-state index contributed by atoms with van der Waals surface area (Å²) in [7, 11) is 0. The predicted octanol–water partition coefficient (Wildman–Crippen LogP) is 5.04. The van der Waals surface area contributed by atoms with Gasteiger partial charge in [-0.05, 0) is 67.8 Å². The number of fused-ring (bicyclic) bond motifs is 1. The molecule has 31 heavy (non-hydrogen) atoms. The summed E-state index contributed by atoms with van der Waals surface area (Å²) in [4.78, 5) is 30.7. The molecule has 1 aromatic heterocycles. The van der Waals surface area contributed by atoms with Crippen molar-refractivity contribution in [1.82, 2.24) is 9.55 Å². The van der Waals surface area contributed by atoms with Gasteiger partial charge in [-0.3, -0.25) is 14.2 Å². The Labute approximate surface area is 185 Å². The number of thioether (sulfide) groups is 1. The Morgan fingerprint density at radius 1 is 1.00 bits per heavy atom. The highest BCUT2D eigenvalue weighted by Gasteiger charge is 2.16. The molecule has 0 aliphatic heterocycles. The number of amides is 1. The summed E-state index contributed by atoms with van der Waals surface area (Å²) in [6, 6.07) is 20.8. The molecule has 0 spiro atoms. The number of carbonyl (C=O) groups is 1. The predicted molar refractivity (Wildman–Crippen MR) is 127 cm³/mol. The maximum Gasteiger partial charge on any atom is 0.266 e. The average Bonchev–Trinajstić information content (AvgIpc) is 2.75. The van der Waals surface area contributed by atoms with Crippen LogP contribution >= 0.6 is 11.8 Å². The van der Waals surface area contributed by atoms with Gasteiger partial charge in [-0.2, -0.15) is 0 Å². The Kier molecular flexibility index (Phi) is 5.91. The minimum atomic E-state index is -0.148. The van der Waals surface area contributed by atoms with Crippen molar-refractivity contribution in [3.8, 4) is 5.69 Å². The molecule has 0 saturated carbocycles. The van der Waals surface area contributed by atoms with E-state index >= 15 is 0 Å². The van der Waals surface area contributed by atoms with Gasteiger partial charge in [-0.25, -0.2) is 4.98 Å². The summed E-state index contributed by atoms with van der Waals surface area (Å²) in [5.74, 6) is -0.00522. The Morgan fingerprint density at radius 2 is 1.77 bits per heavy atom. The van der Waals surface area contributed by atoms with Gasteiger partial charge in [-0.1, -0.05) is 48.2 Å². The number of hydrogen-bond donors (Lipinski definition) is 1. The van der Waals surface area contributed by atoms with Crippen LogP contribution in [0.1, 0.15) is 16.7 Å². The van der Waals surface area contributed by atoms with Crippen molar-refractivity contribution in [2.75, 3.05) is 11.1 Å². The van der Waals surface area contributed by atoms with E-state index in [0.717, 1.165) is 28.1 Å². The van der Waals surface area contributed by atoms with Crippen molar-refractivity contribution < 1.29 is 4.79 Å². The van der Waals surface area contributed by atoms with Crippen LogP contribution in [0.3, 0.4) is 0 Å². The minimum Gasteiger partial charge on any atom is -0.325 e. The van der Waals surface area contributed by atoms with Gasteiger partial charge in [0.1, 0.15) is 0 Å². The smallest absolute Gasteiger partial charge is 0.266 e. The molecule has 1 N–H and O–H groups in total. The molecule has 1 amide bonds. The number of anilines is 1.